The molecule has 0 saturated carbocycles. The summed E-state index contributed by atoms with van der Waals surface area (Å²) in [5.74, 6) is 0. The summed E-state index contributed by atoms with van der Waals surface area (Å²) in [6.07, 6.45) is 2.14. The number of hydrogen-bond donors (Lipinski definition) is 1. The van der Waals surface area contributed by atoms with E-state index in [1.807, 2.05) is 36.4 Å². The van der Waals surface area contributed by atoms with Crippen LogP contribution in [0.15, 0.2) is 53.0 Å². The summed E-state index contributed by atoms with van der Waals surface area (Å²) in [4.78, 5) is 0. The third kappa shape index (κ3) is 4.34. The molecule has 0 bridgehead atoms. The summed E-state index contributed by atoms with van der Waals surface area (Å²) < 4.78 is 0.928. The van der Waals surface area contributed by atoms with Crippen LogP contribution in [0.1, 0.15) is 30.1 Å². The van der Waals surface area contributed by atoms with Gasteiger partial charge in [-0.2, -0.15) is 0 Å². The molecule has 2 aromatic carbocycles. The minimum Gasteiger partial charge on any atom is -0.388 e. The second-order valence-electron chi connectivity index (χ2n) is 4.56. The van der Waals surface area contributed by atoms with Crippen molar-refractivity contribution in [2.45, 2.75) is 25.4 Å². The van der Waals surface area contributed by atoms with Crippen LogP contribution in [0, 0.1) is 0 Å². The molecule has 1 nitrogen and oxygen atoms in total. The highest BCUT2D eigenvalue weighted by Crippen LogP contribution is 2.29. The average Bonchev–Trinajstić information content (AvgIpc) is 2.39. The Morgan fingerprint density at radius 3 is 2.53 bits per heavy atom. The molecular weight excluding hydrogens is 324 g/mol. The molecule has 0 aromatic heterocycles. The first kappa shape index (κ1) is 14.6. The van der Waals surface area contributed by atoms with Gasteiger partial charge in [0.1, 0.15) is 0 Å². The number of benzene rings is 2. The van der Waals surface area contributed by atoms with Crippen molar-refractivity contribution >= 4 is 27.5 Å². The van der Waals surface area contributed by atoms with Gasteiger partial charge in [-0.1, -0.05) is 63.9 Å². The van der Waals surface area contributed by atoms with Crippen molar-refractivity contribution < 1.29 is 5.11 Å². The maximum atomic E-state index is 10.2. The smallest absolute Gasteiger partial charge is 0.0804 e. The van der Waals surface area contributed by atoms with Crippen LogP contribution in [0.3, 0.4) is 0 Å². The molecule has 1 atom stereocenters. The van der Waals surface area contributed by atoms with E-state index in [1.165, 1.54) is 5.56 Å². The average molecular weight is 340 g/mol. The van der Waals surface area contributed by atoms with Crippen molar-refractivity contribution in [3.8, 4) is 0 Å². The van der Waals surface area contributed by atoms with E-state index in [9.17, 15) is 5.11 Å². The quantitative estimate of drug-likeness (QED) is 0.798. The third-order valence-corrected chi connectivity index (χ3v) is 3.93. The van der Waals surface area contributed by atoms with Crippen LogP contribution in [-0.2, 0) is 6.42 Å². The van der Waals surface area contributed by atoms with Gasteiger partial charge in [0.25, 0.3) is 0 Å². The lowest BCUT2D eigenvalue weighted by Crippen LogP contribution is -1.99. The van der Waals surface area contributed by atoms with E-state index in [0.717, 1.165) is 29.3 Å². The van der Waals surface area contributed by atoms with Crippen LogP contribution >= 0.6 is 27.5 Å². The Hall–Kier alpha value is -0.830. The van der Waals surface area contributed by atoms with Crippen molar-refractivity contribution in [2.75, 3.05) is 0 Å². The minimum absolute atomic E-state index is 0.496. The lowest BCUT2D eigenvalue weighted by molar-refractivity contribution is 0.165. The number of rotatable bonds is 5. The Morgan fingerprint density at radius 1 is 1.11 bits per heavy atom. The Morgan fingerprint density at radius 2 is 1.84 bits per heavy atom. The van der Waals surface area contributed by atoms with Crippen molar-refractivity contribution in [2.24, 2.45) is 0 Å². The molecule has 3 heteroatoms. The molecule has 100 valence electrons. The van der Waals surface area contributed by atoms with Crippen LogP contribution in [0.2, 0.25) is 5.02 Å². The largest absolute Gasteiger partial charge is 0.388 e. The molecule has 1 unspecified atom stereocenters. The van der Waals surface area contributed by atoms with Gasteiger partial charge in [-0.05, 0) is 42.5 Å². The number of aliphatic hydroxyl groups excluding tert-OH is 1. The van der Waals surface area contributed by atoms with E-state index >= 15 is 0 Å². The lowest BCUT2D eigenvalue weighted by atomic mass is 10.0. The fourth-order valence-corrected chi connectivity index (χ4v) is 2.87. The van der Waals surface area contributed by atoms with Gasteiger partial charge in [0.2, 0.25) is 0 Å². The highest BCUT2D eigenvalue weighted by atomic mass is 79.9. The van der Waals surface area contributed by atoms with Gasteiger partial charge in [-0.25, -0.2) is 0 Å². The molecule has 0 aliphatic heterocycles. The summed E-state index contributed by atoms with van der Waals surface area (Å²) in [7, 11) is 0. The Kier molecular flexibility index (Phi) is 5.44. The predicted octanol–water partition coefficient (Wildman–Crippen LogP) is 5.16. The van der Waals surface area contributed by atoms with Gasteiger partial charge >= 0.3 is 0 Å². The normalized spacial score (nSPS) is 12.4. The van der Waals surface area contributed by atoms with Crippen LogP contribution in [-0.4, -0.2) is 5.11 Å². The second kappa shape index (κ2) is 7.09. The number of aliphatic hydroxyl groups is 1. The summed E-state index contributed by atoms with van der Waals surface area (Å²) in [6, 6.07) is 15.9. The molecular formula is C16H16BrClO. The maximum absolute atomic E-state index is 10.2. The molecule has 0 aliphatic carbocycles. The standard InChI is InChI=1S/C16H16BrClO/c17-13-9-10-14(15(18)11-13)16(19)8-4-7-12-5-2-1-3-6-12/h1-3,5-6,9-11,16,19H,4,7-8H2. The number of hydrogen-bond acceptors (Lipinski definition) is 1. The van der Waals surface area contributed by atoms with E-state index in [2.05, 4.69) is 28.1 Å². The zero-order chi connectivity index (χ0) is 13.7. The van der Waals surface area contributed by atoms with Crippen molar-refractivity contribution in [3.05, 3.63) is 69.2 Å². The zero-order valence-electron chi connectivity index (χ0n) is 10.5. The monoisotopic (exact) mass is 338 g/mol. The SMILES string of the molecule is OC(CCCc1ccccc1)c1ccc(Br)cc1Cl. The lowest BCUT2D eigenvalue weighted by Gasteiger charge is -2.13. The first-order chi connectivity index (χ1) is 9.16. The van der Waals surface area contributed by atoms with Gasteiger partial charge < -0.3 is 5.11 Å². The maximum Gasteiger partial charge on any atom is 0.0804 e. The molecule has 2 aromatic rings. The molecule has 0 aliphatic rings. The predicted molar refractivity (Wildman–Crippen MR) is 83.5 cm³/mol. The molecule has 0 amide bonds. The zero-order valence-corrected chi connectivity index (χ0v) is 12.9. The third-order valence-electron chi connectivity index (χ3n) is 3.11. The van der Waals surface area contributed by atoms with Gasteiger partial charge in [0, 0.05) is 9.50 Å². The molecule has 0 saturated heterocycles. The van der Waals surface area contributed by atoms with Crippen molar-refractivity contribution in [1.82, 2.24) is 0 Å². The van der Waals surface area contributed by atoms with Gasteiger partial charge in [-0.3, -0.25) is 0 Å². The molecule has 0 spiro atoms. The fraction of sp³-hybridized carbons (Fsp3) is 0.250. The second-order valence-corrected chi connectivity index (χ2v) is 5.88. The highest BCUT2D eigenvalue weighted by molar-refractivity contribution is 9.10. The van der Waals surface area contributed by atoms with E-state index < -0.39 is 6.10 Å². The van der Waals surface area contributed by atoms with Gasteiger partial charge in [0.05, 0.1) is 6.10 Å². The first-order valence-corrected chi connectivity index (χ1v) is 7.51. The van der Waals surface area contributed by atoms with Crippen molar-refractivity contribution in [1.29, 1.82) is 0 Å². The van der Waals surface area contributed by atoms with Crippen LogP contribution < -0.4 is 0 Å². The summed E-state index contributed by atoms with van der Waals surface area (Å²) >= 11 is 9.49. The van der Waals surface area contributed by atoms with Crippen LogP contribution in [0.25, 0.3) is 0 Å². The Bertz CT molecular complexity index is 528. The summed E-state index contributed by atoms with van der Waals surface area (Å²) in [6.45, 7) is 0. The summed E-state index contributed by atoms with van der Waals surface area (Å²) in [5.41, 5.74) is 2.11. The Labute approximate surface area is 127 Å². The van der Waals surface area contributed by atoms with E-state index in [0.29, 0.717) is 5.02 Å². The molecule has 0 radical (unpaired) electrons. The van der Waals surface area contributed by atoms with Gasteiger partial charge in [-0.15, -0.1) is 0 Å². The van der Waals surface area contributed by atoms with E-state index in [1.54, 1.807) is 0 Å². The fourth-order valence-electron chi connectivity index (χ4n) is 2.07. The first-order valence-electron chi connectivity index (χ1n) is 6.34. The van der Waals surface area contributed by atoms with E-state index in [4.69, 9.17) is 11.6 Å². The van der Waals surface area contributed by atoms with E-state index in [-0.39, 0.29) is 0 Å². The van der Waals surface area contributed by atoms with Crippen LogP contribution in [0.5, 0.6) is 0 Å². The minimum atomic E-state index is -0.496. The molecule has 0 heterocycles. The number of aryl methyl sites for hydroxylation is 1. The highest BCUT2D eigenvalue weighted by Gasteiger charge is 2.11. The number of halogens is 2. The van der Waals surface area contributed by atoms with Crippen LogP contribution in [0.4, 0.5) is 0 Å². The van der Waals surface area contributed by atoms with Crippen molar-refractivity contribution in [3.63, 3.8) is 0 Å². The topological polar surface area (TPSA) is 20.2 Å². The molecule has 2 rings (SSSR count). The van der Waals surface area contributed by atoms with Gasteiger partial charge in [0.15, 0.2) is 0 Å². The summed E-state index contributed by atoms with van der Waals surface area (Å²) in [5, 5.41) is 10.8. The Balaban J connectivity index is 1.89. The molecule has 0 fully saturated rings. The molecule has 1 N–H and O–H groups in total. The molecule has 19 heavy (non-hydrogen) atoms.